The van der Waals surface area contributed by atoms with E-state index < -0.39 is 17.5 Å². The zero-order chi connectivity index (χ0) is 21.3. The molecule has 0 spiro atoms. The van der Waals surface area contributed by atoms with Gasteiger partial charge in [0.2, 0.25) is 11.8 Å². The highest BCUT2D eigenvalue weighted by atomic mass is 19.1. The van der Waals surface area contributed by atoms with Crippen LogP contribution in [0, 0.1) is 19.7 Å². The van der Waals surface area contributed by atoms with E-state index in [0.29, 0.717) is 11.4 Å². The Kier molecular flexibility index (Phi) is 5.01. The first-order valence-electron chi connectivity index (χ1n) is 9.16. The van der Waals surface area contributed by atoms with Gasteiger partial charge in [-0.2, -0.15) is 9.78 Å². The van der Waals surface area contributed by atoms with Crippen LogP contribution >= 0.6 is 0 Å². The molecule has 0 fully saturated rings. The number of rotatable bonds is 5. The molecule has 0 bridgehead atoms. The number of carbonyl (C=O) groups excluding carboxylic acids is 1. The Balaban J connectivity index is 1.53. The van der Waals surface area contributed by atoms with Gasteiger partial charge in [0.1, 0.15) is 18.2 Å². The van der Waals surface area contributed by atoms with Crippen LogP contribution in [0.5, 0.6) is 0 Å². The summed E-state index contributed by atoms with van der Waals surface area (Å²) in [7, 11) is 0. The third kappa shape index (κ3) is 4.04. The number of benzene rings is 2. The number of halogens is 1. The first-order valence-corrected chi connectivity index (χ1v) is 9.16. The van der Waals surface area contributed by atoms with E-state index in [1.165, 1.54) is 24.3 Å². The van der Waals surface area contributed by atoms with Crippen molar-refractivity contribution in [2.75, 3.05) is 5.32 Å². The Morgan fingerprint density at radius 1 is 1.07 bits per heavy atom. The maximum Gasteiger partial charge on any atom is 0.437 e. The molecule has 152 valence electrons. The molecule has 0 radical (unpaired) electrons. The van der Waals surface area contributed by atoms with Crippen LogP contribution in [0.15, 0.2) is 63.8 Å². The second kappa shape index (κ2) is 7.78. The molecule has 0 saturated heterocycles. The predicted molar refractivity (Wildman–Crippen MR) is 108 cm³/mol. The lowest BCUT2D eigenvalue weighted by molar-refractivity contribution is -0.117. The van der Waals surface area contributed by atoms with Gasteiger partial charge in [0.05, 0.1) is 11.4 Å². The van der Waals surface area contributed by atoms with E-state index in [0.717, 1.165) is 21.6 Å². The normalized spacial score (nSPS) is 10.9. The monoisotopic (exact) mass is 407 g/mol. The second-order valence-corrected chi connectivity index (χ2v) is 6.80. The van der Waals surface area contributed by atoms with Crippen LogP contribution in [0.25, 0.3) is 17.1 Å². The maximum atomic E-state index is 13.1. The zero-order valence-corrected chi connectivity index (χ0v) is 16.3. The van der Waals surface area contributed by atoms with Gasteiger partial charge in [0.15, 0.2) is 0 Å². The number of nitrogens with zero attached hydrogens (tertiary/aromatic N) is 4. The molecule has 0 aliphatic heterocycles. The fourth-order valence-electron chi connectivity index (χ4n) is 2.90. The SMILES string of the molecule is Cc1ccc(-n2nc(C)cc2NC(=O)Cn2nc(-c3ccc(F)cc3)oc2=O)cc1. The van der Waals surface area contributed by atoms with Crippen LogP contribution in [0.1, 0.15) is 11.3 Å². The molecule has 2 heterocycles. The highest BCUT2D eigenvalue weighted by molar-refractivity contribution is 5.90. The molecule has 1 amide bonds. The average Bonchev–Trinajstić information content (AvgIpc) is 3.25. The quantitative estimate of drug-likeness (QED) is 0.549. The summed E-state index contributed by atoms with van der Waals surface area (Å²) in [6.45, 7) is 3.45. The summed E-state index contributed by atoms with van der Waals surface area (Å²) in [5, 5.41) is 11.2. The number of aromatic nitrogens is 4. The maximum absolute atomic E-state index is 13.1. The van der Waals surface area contributed by atoms with E-state index in [9.17, 15) is 14.0 Å². The lowest BCUT2D eigenvalue weighted by Crippen LogP contribution is -2.26. The molecular formula is C21H18FN5O3. The Bertz CT molecular complexity index is 1250. The van der Waals surface area contributed by atoms with Crippen LogP contribution in [-0.4, -0.2) is 25.5 Å². The van der Waals surface area contributed by atoms with E-state index in [1.807, 2.05) is 38.1 Å². The van der Waals surface area contributed by atoms with Gasteiger partial charge in [0, 0.05) is 11.6 Å². The smallest absolute Gasteiger partial charge is 0.388 e. The van der Waals surface area contributed by atoms with Crippen molar-refractivity contribution in [2.45, 2.75) is 20.4 Å². The molecule has 2 aromatic heterocycles. The molecule has 2 aromatic carbocycles. The van der Waals surface area contributed by atoms with Crippen molar-refractivity contribution in [2.24, 2.45) is 0 Å². The molecule has 4 rings (SSSR count). The van der Waals surface area contributed by atoms with Gasteiger partial charge in [-0.3, -0.25) is 4.79 Å². The summed E-state index contributed by atoms with van der Waals surface area (Å²) >= 11 is 0. The van der Waals surface area contributed by atoms with Gasteiger partial charge in [-0.15, -0.1) is 5.10 Å². The number of hydrogen-bond acceptors (Lipinski definition) is 5. The summed E-state index contributed by atoms with van der Waals surface area (Å²) in [6.07, 6.45) is 0. The van der Waals surface area contributed by atoms with Gasteiger partial charge in [-0.1, -0.05) is 17.7 Å². The molecule has 0 aliphatic carbocycles. The van der Waals surface area contributed by atoms with Crippen molar-refractivity contribution < 1.29 is 13.6 Å². The molecule has 0 saturated carbocycles. The molecule has 9 heteroatoms. The van der Waals surface area contributed by atoms with Crippen LogP contribution < -0.4 is 11.1 Å². The first kappa shape index (κ1) is 19.3. The topological polar surface area (TPSA) is 95.0 Å². The second-order valence-electron chi connectivity index (χ2n) is 6.80. The van der Waals surface area contributed by atoms with Crippen LogP contribution in [0.3, 0.4) is 0 Å². The van der Waals surface area contributed by atoms with E-state index in [1.54, 1.807) is 10.7 Å². The van der Waals surface area contributed by atoms with Crippen molar-refractivity contribution in [3.8, 4) is 17.1 Å². The third-order valence-electron chi connectivity index (χ3n) is 4.37. The molecule has 0 aliphatic rings. The number of carbonyl (C=O) groups is 1. The summed E-state index contributed by atoms with van der Waals surface area (Å²) in [4.78, 5) is 24.6. The highest BCUT2D eigenvalue weighted by Crippen LogP contribution is 2.18. The molecule has 0 atom stereocenters. The van der Waals surface area contributed by atoms with Crippen LogP contribution in [0.4, 0.5) is 10.2 Å². The van der Waals surface area contributed by atoms with Crippen molar-refractivity contribution in [3.05, 3.63) is 82.2 Å². The van der Waals surface area contributed by atoms with Crippen molar-refractivity contribution >= 4 is 11.7 Å². The number of aryl methyl sites for hydroxylation is 2. The fraction of sp³-hybridized carbons (Fsp3) is 0.143. The number of hydrogen-bond donors (Lipinski definition) is 1. The minimum absolute atomic E-state index is 0.00772. The summed E-state index contributed by atoms with van der Waals surface area (Å²) in [5.41, 5.74) is 3.06. The average molecular weight is 407 g/mol. The number of amides is 1. The lowest BCUT2D eigenvalue weighted by atomic mass is 10.2. The summed E-state index contributed by atoms with van der Waals surface area (Å²) in [5.74, 6) is -1.19. The predicted octanol–water partition coefficient (Wildman–Crippen LogP) is 3.08. The lowest BCUT2D eigenvalue weighted by Gasteiger charge is -2.09. The fourth-order valence-corrected chi connectivity index (χ4v) is 2.90. The standard InChI is InChI=1S/C21H18FN5O3/c1-13-3-9-17(10-4-13)27-18(11-14(2)24-27)23-19(28)12-26-21(29)30-20(25-26)15-5-7-16(22)8-6-15/h3-11H,12H2,1-2H3,(H,23,28). The van der Waals surface area contributed by atoms with Crippen molar-refractivity contribution in [3.63, 3.8) is 0 Å². The Morgan fingerprint density at radius 3 is 2.47 bits per heavy atom. The van der Waals surface area contributed by atoms with E-state index in [2.05, 4.69) is 15.5 Å². The summed E-state index contributed by atoms with van der Waals surface area (Å²) in [6, 6.07) is 14.8. The summed E-state index contributed by atoms with van der Waals surface area (Å²) < 4.78 is 20.7. The van der Waals surface area contributed by atoms with Gasteiger partial charge >= 0.3 is 5.76 Å². The molecule has 1 N–H and O–H groups in total. The van der Waals surface area contributed by atoms with E-state index in [-0.39, 0.29) is 12.4 Å². The van der Waals surface area contributed by atoms with Crippen molar-refractivity contribution in [1.29, 1.82) is 0 Å². The van der Waals surface area contributed by atoms with Crippen LogP contribution in [0.2, 0.25) is 0 Å². The molecule has 0 unspecified atom stereocenters. The number of nitrogens with one attached hydrogen (secondary N) is 1. The molecule has 4 aromatic rings. The minimum atomic E-state index is -0.785. The largest absolute Gasteiger partial charge is 0.437 e. The van der Waals surface area contributed by atoms with Gasteiger partial charge < -0.3 is 9.73 Å². The highest BCUT2D eigenvalue weighted by Gasteiger charge is 2.16. The Morgan fingerprint density at radius 2 is 1.77 bits per heavy atom. The zero-order valence-electron chi connectivity index (χ0n) is 16.3. The first-order chi connectivity index (χ1) is 14.4. The van der Waals surface area contributed by atoms with E-state index >= 15 is 0 Å². The van der Waals surface area contributed by atoms with Crippen LogP contribution in [-0.2, 0) is 11.3 Å². The molecule has 30 heavy (non-hydrogen) atoms. The Hall–Kier alpha value is -4.01. The number of anilines is 1. The van der Waals surface area contributed by atoms with Gasteiger partial charge in [-0.25, -0.2) is 13.9 Å². The van der Waals surface area contributed by atoms with Gasteiger partial charge in [-0.05, 0) is 50.2 Å². The Labute approximate surface area is 170 Å². The van der Waals surface area contributed by atoms with Gasteiger partial charge in [0.25, 0.3) is 0 Å². The molecular weight excluding hydrogens is 389 g/mol. The van der Waals surface area contributed by atoms with E-state index in [4.69, 9.17) is 4.42 Å². The minimum Gasteiger partial charge on any atom is -0.388 e. The molecule has 8 nitrogen and oxygen atoms in total. The third-order valence-corrected chi connectivity index (χ3v) is 4.37. The van der Waals surface area contributed by atoms with Crippen molar-refractivity contribution in [1.82, 2.24) is 19.6 Å².